The molecule has 5 heterocycles. The van der Waals surface area contributed by atoms with Crippen LogP contribution in [0.5, 0.6) is 0 Å². The molecule has 8 bridgehead atoms. The second kappa shape index (κ2) is 13.2. The number of Topliss-reactive ketones (excluding diaryl/α,β-unsaturated/α-hetero) is 2. The number of aromatic amines is 2. The Balaban J connectivity index is 1.37. The number of hydrogen-bond donors (Lipinski definition) is 2. The molecule has 3 aliphatic rings. The first-order chi connectivity index (χ1) is 27.4. The number of benzene rings is 4. The van der Waals surface area contributed by atoms with Gasteiger partial charge in [0.1, 0.15) is 0 Å². The van der Waals surface area contributed by atoms with Gasteiger partial charge in [-0.25, -0.2) is 9.97 Å². The van der Waals surface area contributed by atoms with Crippen LogP contribution in [0.1, 0.15) is 62.9 Å². The summed E-state index contributed by atoms with van der Waals surface area (Å²) in [7, 11) is 0. The third kappa shape index (κ3) is 5.52. The minimum Gasteiger partial charge on any atom is -0.486 e. The first-order valence-electron chi connectivity index (χ1n) is 18.7. The van der Waals surface area contributed by atoms with Gasteiger partial charge in [0.25, 0.3) is 0 Å². The number of H-pyrrole nitrogens is 2. The summed E-state index contributed by atoms with van der Waals surface area (Å²) in [6.07, 6.45) is 7.33. The van der Waals surface area contributed by atoms with E-state index in [1.165, 1.54) is 0 Å². The number of allylic oxidation sites excluding steroid dienone is 2. The Bertz CT molecular complexity index is 2920. The van der Waals surface area contributed by atoms with Crippen molar-refractivity contribution in [2.75, 3.05) is 0 Å². The van der Waals surface area contributed by atoms with Gasteiger partial charge in [0.15, 0.2) is 11.5 Å². The molecule has 0 saturated heterocycles. The number of rotatable bonds is 5. The maximum atomic E-state index is 15.1. The van der Waals surface area contributed by atoms with E-state index < -0.39 is 6.10 Å². The van der Waals surface area contributed by atoms with Crippen LogP contribution >= 0.6 is 0 Å². The van der Waals surface area contributed by atoms with E-state index in [4.69, 9.17) is 14.7 Å². The largest absolute Gasteiger partial charge is 0.486 e. The molecule has 1 aliphatic carbocycles. The average molecular weight is 727 g/mol. The van der Waals surface area contributed by atoms with Crippen molar-refractivity contribution in [1.82, 2.24) is 19.9 Å². The SMILES string of the molecule is CC(C)OC1=C(c2c3nc(c(-c4ccccc4)c4ccc(cc5ccc([nH]5)c(-c5ccccc5)c5nc2C=C5)[nH]4)C=C3)C(=O)c2ccc3ccccc3c2C1=O. The highest BCUT2D eigenvalue weighted by Crippen LogP contribution is 2.41. The van der Waals surface area contributed by atoms with Gasteiger partial charge in [0.05, 0.1) is 34.5 Å². The molecule has 0 unspecified atom stereocenters. The van der Waals surface area contributed by atoms with E-state index in [9.17, 15) is 4.79 Å². The zero-order chi connectivity index (χ0) is 37.9. The molecule has 0 fully saturated rings. The van der Waals surface area contributed by atoms with Crippen molar-refractivity contribution in [3.05, 3.63) is 173 Å². The number of nitrogens with one attached hydrogen (secondary N) is 2. The van der Waals surface area contributed by atoms with Gasteiger partial charge in [-0.05, 0) is 96.4 Å². The van der Waals surface area contributed by atoms with Crippen LogP contribution in [0.25, 0.3) is 85.0 Å². The van der Waals surface area contributed by atoms with Crippen LogP contribution in [0.2, 0.25) is 0 Å². The fourth-order valence-corrected chi connectivity index (χ4v) is 7.96. The summed E-state index contributed by atoms with van der Waals surface area (Å²) >= 11 is 0. The van der Waals surface area contributed by atoms with Gasteiger partial charge in [-0.15, -0.1) is 0 Å². The van der Waals surface area contributed by atoms with Gasteiger partial charge in [0, 0.05) is 49.9 Å². The van der Waals surface area contributed by atoms with Gasteiger partial charge >= 0.3 is 0 Å². The van der Waals surface area contributed by atoms with Crippen LogP contribution in [-0.2, 0) is 4.74 Å². The Morgan fingerprint density at radius 1 is 0.518 bits per heavy atom. The van der Waals surface area contributed by atoms with E-state index in [-0.39, 0.29) is 22.9 Å². The van der Waals surface area contributed by atoms with E-state index in [2.05, 4.69) is 64.6 Å². The van der Waals surface area contributed by atoms with Gasteiger partial charge in [0.2, 0.25) is 5.78 Å². The number of ketones is 2. The predicted molar refractivity (Wildman–Crippen MR) is 225 cm³/mol. The molecule has 7 heteroatoms. The average Bonchev–Trinajstić information content (AvgIpc) is 4.06. The molecule has 10 rings (SSSR count). The van der Waals surface area contributed by atoms with E-state index in [1.807, 2.05) is 105 Å². The first kappa shape index (κ1) is 33.2. The molecule has 2 N–H and O–H groups in total. The maximum Gasteiger partial charge on any atom is 0.229 e. The second-order valence-corrected chi connectivity index (χ2v) is 14.3. The monoisotopic (exact) mass is 726 g/mol. The first-order valence-corrected chi connectivity index (χ1v) is 18.7. The van der Waals surface area contributed by atoms with E-state index in [0.717, 1.165) is 49.7 Å². The van der Waals surface area contributed by atoms with E-state index in [1.54, 1.807) is 6.07 Å². The summed E-state index contributed by atoms with van der Waals surface area (Å²) in [6.45, 7) is 3.72. The molecule has 4 aromatic carbocycles. The van der Waals surface area contributed by atoms with Crippen LogP contribution in [0.15, 0.2) is 133 Å². The Labute approximate surface area is 322 Å². The molecule has 0 amide bonds. The highest BCUT2D eigenvalue weighted by Gasteiger charge is 2.38. The van der Waals surface area contributed by atoms with E-state index in [0.29, 0.717) is 44.9 Å². The van der Waals surface area contributed by atoms with Crippen molar-refractivity contribution in [3.8, 4) is 22.3 Å². The summed E-state index contributed by atoms with van der Waals surface area (Å²) in [5.41, 5.74) is 10.9. The quantitative estimate of drug-likeness (QED) is 0.184. The lowest BCUT2D eigenvalue weighted by Gasteiger charge is -2.24. The van der Waals surface area contributed by atoms with E-state index >= 15 is 4.79 Å². The van der Waals surface area contributed by atoms with Gasteiger partial charge < -0.3 is 14.7 Å². The summed E-state index contributed by atoms with van der Waals surface area (Å²) < 4.78 is 6.41. The molecule has 0 radical (unpaired) electrons. The molecule has 7 nitrogen and oxygen atoms in total. The molecule has 56 heavy (non-hydrogen) atoms. The Morgan fingerprint density at radius 2 is 1.04 bits per heavy atom. The van der Waals surface area contributed by atoms with Crippen molar-refractivity contribution in [2.24, 2.45) is 0 Å². The fraction of sp³-hybridized carbons (Fsp3) is 0.0612. The number of hydrogen-bond acceptors (Lipinski definition) is 5. The van der Waals surface area contributed by atoms with Crippen molar-refractivity contribution in [2.45, 2.75) is 20.0 Å². The number of fused-ring (bicyclic) bond motifs is 11. The molecule has 0 spiro atoms. The number of nitrogens with zero attached hydrogens (tertiary/aromatic N) is 2. The Morgan fingerprint density at radius 3 is 1.59 bits per heavy atom. The third-order valence-electron chi connectivity index (χ3n) is 10.4. The molecule has 268 valence electrons. The van der Waals surface area contributed by atoms with Gasteiger partial charge in [-0.2, -0.15) is 0 Å². The number of carbonyl (C=O) groups excluding carboxylic acids is 2. The zero-order valence-corrected chi connectivity index (χ0v) is 30.6. The predicted octanol–water partition coefficient (Wildman–Crippen LogP) is 11.4. The molecule has 3 aromatic heterocycles. The zero-order valence-electron chi connectivity index (χ0n) is 30.6. The second-order valence-electron chi connectivity index (χ2n) is 14.3. The summed E-state index contributed by atoms with van der Waals surface area (Å²) in [5, 5.41) is 1.57. The summed E-state index contributed by atoms with van der Waals surface area (Å²) in [6, 6.07) is 41.8. The molecule has 0 atom stereocenters. The van der Waals surface area contributed by atoms with Crippen molar-refractivity contribution < 1.29 is 14.3 Å². The van der Waals surface area contributed by atoms with Crippen LogP contribution in [0.4, 0.5) is 0 Å². The minimum absolute atomic E-state index is 0.00885. The number of aromatic nitrogens is 4. The molecule has 0 saturated carbocycles. The van der Waals surface area contributed by atoms with Crippen LogP contribution in [0, 0.1) is 0 Å². The van der Waals surface area contributed by atoms with Gasteiger partial charge in [-0.3, -0.25) is 9.59 Å². The summed E-state index contributed by atoms with van der Waals surface area (Å²) in [4.78, 5) is 47.8. The number of ether oxygens (including phenoxy) is 1. The molecular weight excluding hydrogens is 693 g/mol. The molecular formula is C49H34N4O3. The van der Waals surface area contributed by atoms with Crippen molar-refractivity contribution >= 4 is 74.3 Å². The minimum atomic E-state index is -0.400. The molecule has 7 aromatic rings. The van der Waals surface area contributed by atoms with Gasteiger partial charge in [-0.1, -0.05) is 91.0 Å². The topological polar surface area (TPSA) is 101 Å². The van der Waals surface area contributed by atoms with Crippen LogP contribution < -0.4 is 0 Å². The lowest BCUT2D eigenvalue weighted by molar-refractivity contribution is 0.0823. The maximum absolute atomic E-state index is 15.1. The Kier molecular flexibility index (Phi) is 7.82. The molecule has 2 aliphatic heterocycles. The highest BCUT2D eigenvalue weighted by molar-refractivity contribution is 6.42. The van der Waals surface area contributed by atoms with Crippen LogP contribution in [0.3, 0.4) is 0 Å². The Hall–Kier alpha value is -7.38. The van der Waals surface area contributed by atoms with Crippen LogP contribution in [-0.4, -0.2) is 37.6 Å². The normalized spacial score (nSPS) is 13.6. The lowest BCUT2D eigenvalue weighted by atomic mass is 9.81. The lowest BCUT2D eigenvalue weighted by Crippen LogP contribution is -2.25. The smallest absolute Gasteiger partial charge is 0.229 e. The van der Waals surface area contributed by atoms with Crippen molar-refractivity contribution in [3.63, 3.8) is 0 Å². The standard InChI is InChI=1S/C49H34N4O3/c1-28(2)56-49-46(47(54)35-20-17-29-11-9-10-16-34(29)44(35)48(49)55)45-40-25-23-38(52-40)42(30-12-5-3-6-13-30)36-21-18-32(50-36)27-33-19-22-37(51-33)43(31-14-7-4-8-15-31)39-24-26-41(45)53-39/h3-28,50-51H,1-2H3. The highest BCUT2D eigenvalue weighted by atomic mass is 16.5. The van der Waals surface area contributed by atoms with Crippen molar-refractivity contribution in [1.29, 1.82) is 0 Å². The third-order valence-corrected chi connectivity index (χ3v) is 10.4. The summed E-state index contributed by atoms with van der Waals surface area (Å²) in [5.74, 6) is -0.677. The fourth-order valence-electron chi connectivity index (χ4n) is 7.96. The number of carbonyl (C=O) groups is 2.